The summed E-state index contributed by atoms with van der Waals surface area (Å²) in [4.78, 5) is 6.01. The van der Waals surface area contributed by atoms with Crippen LogP contribution < -0.4 is 0 Å². The molecule has 1 heterocycles. The molecular formula is C14H24ClN3O2S. The summed E-state index contributed by atoms with van der Waals surface area (Å²) in [6, 6.07) is 3.70. The van der Waals surface area contributed by atoms with Crippen molar-refractivity contribution in [3.63, 3.8) is 0 Å². The smallest absolute Gasteiger partial charge is 0.214 e. The number of likely N-dealkylation sites (N-methyl/N-ethyl adjacent to an activating group) is 1. The number of hydrogen-bond donors (Lipinski definition) is 0. The van der Waals surface area contributed by atoms with E-state index in [0.717, 1.165) is 5.56 Å². The average molecular weight is 334 g/mol. The minimum atomic E-state index is -3.33. The summed E-state index contributed by atoms with van der Waals surface area (Å²) in [5, 5.41) is 0. The van der Waals surface area contributed by atoms with Gasteiger partial charge in [0.25, 0.3) is 0 Å². The summed E-state index contributed by atoms with van der Waals surface area (Å²) in [6.45, 7) is 3.33. The van der Waals surface area contributed by atoms with E-state index in [1.54, 1.807) is 12.4 Å². The molecule has 7 heteroatoms. The van der Waals surface area contributed by atoms with Gasteiger partial charge >= 0.3 is 0 Å². The van der Waals surface area contributed by atoms with Crippen LogP contribution in [0.15, 0.2) is 24.5 Å². The van der Waals surface area contributed by atoms with Gasteiger partial charge in [-0.3, -0.25) is 4.98 Å². The topological polar surface area (TPSA) is 53.5 Å². The standard InChI is InChI=1S/C14H24ClN3O2S/c1-13(9-15)12-21(19,20)18(8-7-17(2)3)11-14-5-4-6-16-10-14/h4-6,10,13H,7-9,11-12H2,1-3H3. The molecule has 0 aliphatic rings. The largest absolute Gasteiger partial charge is 0.308 e. The van der Waals surface area contributed by atoms with E-state index in [1.165, 1.54) is 4.31 Å². The predicted octanol–water partition coefficient (Wildman–Crippen LogP) is 1.65. The second-order valence-corrected chi connectivity index (χ2v) is 7.86. The Morgan fingerprint density at radius 2 is 2.05 bits per heavy atom. The zero-order valence-electron chi connectivity index (χ0n) is 12.9. The molecule has 21 heavy (non-hydrogen) atoms. The Balaban J connectivity index is 2.85. The van der Waals surface area contributed by atoms with Crippen LogP contribution in [0.3, 0.4) is 0 Å². The van der Waals surface area contributed by atoms with Crippen molar-refractivity contribution in [3.05, 3.63) is 30.1 Å². The van der Waals surface area contributed by atoms with Crippen molar-refractivity contribution in [3.8, 4) is 0 Å². The first kappa shape index (κ1) is 18.4. The molecule has 0 saturated heterocycles. The SMILES string of the molecule is CC(CCl)CS(=O)(=O)N(CCN(C)C)Cc1cccnc1. The Hall–Kier alpha value is -0.690. The fourth-order valence-electron chi connectivity index (χ4n) is 1.83. The fourth-order valence-corrected chi connectivity index (χ4v) is 3.82. The minimum absolute atomic E-state index is 0.0626. The van der Waals surface area contributed by atoms with Gasteiger partial charge in [0.05, 0.1) is 5.75 Å². The van der Waals surface area contributed by atoms with Crippen molar-refractivity contribution in [1.82, 2.24) is 14.2 Å². The van der Waals surface area contributed by atoms with Gasteiger partial charge in [-0.25, -0.2) is 8.42 Å². The van der Waals surface area contributed by atoms with Gasteiger partial charge in [0.1, 0.15) is 0 Å². The van der Waals surface area contributed by atoms with E-state index in [4.69, 9.17) is 11.6 Å². The van der Waals surface area contributed by atoms with Crippen LogP contribution in [0.4, 0.5) is 0 Å². The minimum Gasteiger partial charge on any atom is -0.308 e. The third kappa shape index (κ3) is 6.74. The van der Waals surface area contributed by atoms with E-state index >= 15 is 0 Å². The van der Waals surface area contributed by atoms with Crippen LogP contribution in [0.5, 0.6) is 0 Å². The Morgan fingerprint density at radius 3 is 2.57 bits per heavy atom. The fraction of sp³-hybridized carbons (Fsp3) is 0.643. The molecule has 1 aromatic rings. The van der Waals surface area contributed by atoms with Crippen molar-refractivity contribution in [2.45, 2.75) is 13.5 Å². The lowest BCUT2D eigenvalue weighted by atomic mass is 10.3. The number of halogens is 1. The highest BCUT2D eigenvalue weighted by atomic mass is 35.5. The molecule has 0 aromatic carbocycles. The predicted molar refractivity (Wildman–Crippen MR) is 86.9 cm³/mol. The highest BCUT2D eigenvalue weighted by Crippen LogP contribution is 2.13. The van der Waals surface area contributed by atoms with Crippen molar-refractivity contribution in [1.29, 1.82) is 0 Å². The molecule has 1 aromatic heterocycles. The number of rotatable bonds is 9. The Morgan fingerprint density at radius 1 is 1.33 bits per heavy atom. The van der Waals surface area contributed by atoms with Crippen molar-refractivity contribution < 1.29 is 8.42 Å². The summed E-state index contributed by atoms with van der Waals surface area (Å²) in [7, 11) is 0.521. The number of pyridine rings is 1. The maximum Gasteiger partial charge on any atom is 0.214 e. The number of aromatic nitrogens is 1. The van der Waals surface area contributed by atoms with Gasteiger partial charge in [0, 0.05) is 37.9 Å². The maximum absolute atomic E-state index is 12.5. The second kappa shape index (κ2) is 8.68. The van der Waals surface area contributed by atoms with Crippen LogP contribution in [0.2, 0.25) is 0 Å². The molecule has 0 N–H and O–H groups in total. The zero-order chi connectivity index (χ0) is 15.9. The van der Waals surface area contributed by atoms with Crippen molar-refractivity contribution >= 4 is 21.6 Å². The monoisotopic (exact) mass is 333 g/mol. The van der Waals surface area contributed by atoms with Crippen molar-refractivity contribution in [2.24, 2.45) is 5.92 Å². The molecule has 0 aliphatic carbocycles. The van der Waals surface area contributed by atoms with Gasteiger partial charge in [-0.1, -0.05) is 13.0 Å². The summed E-state index contributed by atoms with van der Waals surface area (Å²) in [6.07, 6.45) is 3.38. The van der Waals surface area contributed by atoms with Gasteiger partial charge in [0.15, 0.2) is 0 Å². The molecule has 1 rings (SSSR count). The molecule has 1 unspecified atom stereocenters. The highest BCUT2D eigenvalue weighted by Gasteiger charge is 2.24. The maximum atomic E-state index is 12.5. The molecule has 0 aliphatic heterocycles. The van der Waals surface area contributed by atoms with E-state index in [-0.39, 0.29) is 11.7 Å². The second-order valence-electron chi connectivity index (χ2n) is 5.54. The van der Waals surface area contributed by atoms with Crippen LogP contribution >= 0.6 is 11.6 Å². The third-order valence-electron chi connectivity index (χ3n) is 3.03. The van der Waals surface area contributed by atoms with Crippen LogP contribution in [-0.2, 0) is 16.6 Å². The van der Waals surface area contributed by atoms with E-state index in [2.05, 4.69) is 4.98 Å². The van der Waals surface area contributed by atoms with Crippen molar-refractivity contribution in [2.75, 3.05) is 38.8 Å². The molecular weight excluding hydrogens is 310 g/mol. The van der Waals surface area contributed by atoms with Crippen LogP contribution in [0.25, 0.3) is 0 Å². The van der Waals surface area contributed by atoms with E-state index in [9.17, 15) is 8.42 Å². The lowest BCUT2D eigenvalue weighted by Gasteiger charge is -2.25. The highest BCUT2D eigenvalue weighted by molar-refractivity contribution is 7.89. The van der Waals surface area contributed by atoms with Gasteiger partial charge < -0.3 is 4.90 Å². The van der Waals surface area contributed by atoms with E-state index in [0.29, 0.717) is 25.5 Å². The van der Waals surface area contributed by atoms with Gasteiger partial charge in [-0.15, -0.1) is 11.6 Å². The number of nitrogens with zero attached hydrogens (tertiary/aromatic N) is 3. The molecule has 0 amide bonds. The van der Waals surface area contributed by atoms with E-state index in [1.807, 2.05) is 38.1 Å². The first-order chi connectivity index (χ1) is 9.85. The molecule has 0 spiro atoms. The zero-order valence-corrected chi connectivity index (χ0v) is 14.4. The molecule has 120 valence electrons. The molecule has 0 fully saturated rings. The first-order valence-corrected chi connectivity index (χ1v) is 9.07. The molecule has 0 saturated carbocycles. The average Bonchev–Trinajstić information content (AvgIpc) is 2.43. The Bertz CT molecular complexity index is 508. The lowest BCUT2D eigenvalue weighted by molar-refractivity contribution is 0.328. The Kier molecular flexibility index (Phi) is 7.59. The normalized spacial score (nSPS) is 13.8. The Labute approximate surface area is 133 Å². The van der Waals surface area contributed by atoms with Gasteiger partial charge in [-0.05, 0) is 31.6 Å². The number of alkyl halides is 1. The summed E-state index contributed by atoms with van der Waals surface area (Å²) >= 11 is 5.75. The third-order valence-corrected chi connectivity index (χ3v) is 5.65. The number of hydrogen-bond acceptors (Lipinski definition) is 4. The summed E-state index contributed by atoms with van der Waals surface area (Å²) < 4.78 is 26.6. The quantitative estimate of drug-likeness (QED) is 0.645. The number of sulfonamides is 1. The summed E-state index contributed by atoms with van der Waals surface area (Å²) in [5.41, 5.74) is 0.887. The van der Waals surface area contributed by atoms with Crippen LogP contribution in [-0.4, -0.2) is 61.4 Å². The molecule has 0 bridgehead atoms. The van der Waals surface area contributed by atoms with Crippen LogP contribution in [0, 0.1) is 5.92 Å². The lowest BCUT2D eigenvalue weighted by Crippen LogP contribution is -2.39. The summed E-state index contributed by atoms with van der Waals surface area (Å²) in [5.74, 6) is 0.352. The van der Waals surface area contributed by atoms with Crippen LogP contribution in [0.1, 0.15) is 12.5 Å². The molecule has 5 nitrogen and oxygen atoms in total. The van der Waals surface area contributed by atoms with Gasteiger partial charge in [0.2, 0.25) is 10.0 Å². The van der Waals surface area contributed by atoms with E-state index < -0.39 is 10.0 Å². The molecule has 1 atom stereocenters. The molecule has 0 radical (unpaired) electrons. The first-order valence-electron chi connectivity index (χ1n) is 6.92. The van der Waals surface area contributed by atoms with Gasteiger partial charge in [-0.2, -0.15) is 4.31 Å².